The van der Waals surface area contributed by atoms with Gasteiger partial charge in [-0.1, -0.05) is 17.7 Å². The summed E-state index contributed by atoms with van der Waals surface area (Å²) in [6.45, 7) is 2.95. The number of nitrogens with zero attached hydrogens (tertiary/aromatic N) is 2. The first-order valence-corrected chi connectivity index (χ1v) is 9.28. The number of allylic oxidation sites excluding steroid dienone is 1. The molecule has 0 unspecified atom stereocenters. The van der Waals surface area contributed by atoms with Crippen LogP contribution < -0.4 is 10.6 Å². The summed E-state index contributed by atoms with van der Waals surface area (Å²) in [5.74, 6) is 1.45. The van der Waals surface area contributed by atoms with Crippen LogP contribution in [0.5, 0.6) is 0 Å². The van der Waals surface area contributed by atoms with Crippen LogP contribution in [0.2, 0.25) is 0 Å². The fourth-order valence-corrected chi connectivity index (χ4v) is 3.43. The minimum absolute atomic E-state index is 0.666. The SMILES string of the molecule is Cc1ccc(Nc2ccnc(NCCC3=CCCCC3)n2)c(Br)c1. The van der Waals surface area contributed by atoms with Crippen LogP contribution in [0.25, 0.3) is 0 Å². The molecule has 0 atom stereocenters. The summed E-state index contributed by atoms with van der Waals surface area (Å²) in [7, 11) is 0. The van der Waals surface area contributed by atoms with Crippen molar-refractivity contribution in [2.75, 3.05) is 17.2 Å². The first-order chi connectivity index (χ1) is 11.7. The average Bonchev–Trinajstić information content (AvgIpc) is 2.59. The van der Waals surface area contributed by atoms with E-state index >= 15 is 0 Å². The van der Waals surface area contributed by atoms with E-state index in [-0.39, 0.29) is 0 Å². The highest BCUT2D eigenvalue weighted by molar-refractivity contribution is 9.10. The van der Waals surface area contributed by atoms with Crippen LogP contribution in [0, 0.1) is 6.92 Å². The van der Waals surface area contributed by atoms with E-state index in [0.717, 1.165) is 28.9 Å². The maximum atomic E-state index is 4.54. The number of hydrogen-bond donors (Lipinski definition) is 2. The molecule has 0 aliphatic heterocycles. The summed E-state index contributed by atoms with van der Waals surface area (Å²) in [5, 5.41) is 6.66. The Labute approximate surface area is 151 Å². The molecule has 126 valence electrons. The van der Waals surface area contributed by atoms with Crippen LogP contribution in [0.1, 0.15) is 37.7 Å². The Bertz CT molecular complexity index is 727. The maximum Gasteiger partial charge on any atom is 0.224 e. The highest BCUT2D eigenvalue weighted by Gasteiger charge is 2.05. The van der Waals surface area contributed by atoms with Gasteiger partial charge in [-0.2, -0.15) is 4.98 Å². The van der Waals surface area contributed by atoms with Gasteiger partial charge in [-0.25, -0.2) is 4.98 Å². The molecule has 0 spiro atoms. The van der Waals surface area contributed by atoms with Crippen molar-refractivity contribution in [3.05, 3.63) is 52.1 Å². The third-order valence-electron chi connectivity index (χ3n) is 4.16. The standard InChI is InChI=1S/C19H23BrN4/c1-14-7-8-17(16(20)13-14)23-18-10-12-22-19(24-18)21-11-9-15-5-3-2-4-6-15/h5,7-8,10,12-13H,2-4,6,9,11H2,1H3,(H2,21,22,23,24). The number of anilines is 3. The van der Waals surface area contributed by atoms with Crippen molar-refractivity contribution in [3.8, 4) is 0 Å². The molecule has 1 heterocycles. The van der Waals surface area contributed by atoms with Crippen molar-refractivity contribution >= 4 is 33.4 Å². The van der Waals surface area contributed by atoms with E-state index in [2.05, 4.69) is 61.7 Å². The third-order valence-corrected chi connectivity index (χ3v) is 4.81. The average molecular weight is 387 g/mol. The summed E-state index contributed by atoms with van der Waals surface area (Å²) < 4.78 is 1.03. The lowest BCUT2D eigenvalue weighted by Gasteiger charge is -2.13. The summed E-state index contributed by atoms with van der Waals surface area (Å²) in [5.41, 5.74) is 3.78. The van der Waals surface area contributed by atoms with Gasteiger partial charge >= 0.3 is 0 Å². The molecule has 0 saturated carbocycles. The van der Waals surface area contributed by atoms with Crippen molar-refractivity contribution < 1.29 is 0 Å². The molecule has 0 radical (unpaired) electrons. The van der Waals surface area contributed by atoms with Gasteiger partial charge in [-0.3, -0.25) is 0 Å². The highest BCUT2D eigenvalue weighted by Crippen LogP contribution is 2.26. The normalized spacial score (nSPS) is 14.2. The van der Waals surface area contributed by atoms with Gasteiger partial charge in [0, 0.05) is 17.2 Å². The number of nitrogens with one attached hydrogen (secondary N) is 2. The molecule has 1 aromatic carbocycles. The van der Waals surface area contributed by atoms with Crippen LogP contribution in [0.4, 0.5) is 17.5 Å². The molecular formula is C19H23BrN4. The van der Waals surface area contributed by atoms with Gasteiger partial charge in [0.2, 0.25) is 5.95 Å². The first-order valence-electron chi connectivity index (χ1n) is 8.49. The van der Waals surface area contributed by atoms with Gasteiger partial charge in [0.05, 0.1) is 5.69 Å². The predicted molar refractivity (Wildman–Crippen MR) is 104 cm³/mol. The summed E-state index contributed by atoms with van der Waals surface area (Å²) in [6.07, 6.45) is 10.4. The second-order valence-electron chi connectivity index (χ2n) is 6.16. The second kappa shape index (κ2) is 8.29. The number of halogens is 1. The number of aryl methyl sites for hydroxylation is 1. The van der Waals surface area contributed by atoms with E-state index in [4.69, 9.17) is 0 Å². The minimum Gasteiger partial charge on any atom is -0.354 e. The molecular weight excluding hydrogens is 364 g/mol. The Morgan fingerprint density at radius 3 is 2.92 bits per heavy atom. The van der Waals surface area contributed by atoms with E-state index in [0.29, 0.717) is 5.95 Å². The largest absolute Gasteiger partial charge is 0.354 e. The Kier molecular flexibility index (Phi) is 5.86. The maximum absolute atomic E-state index is 4.54. The Hall–Kier alpha value is -1.88. The fourth-order valence-electron chi connectivity index (χ4n) is 2.84. The molecule has 1 aliphatic rings. The summed E-state index contributed by atoms with van der Waals surface area (Å²) >= 11 is 3.58. The molecule has 1 aromatic heterocycles. The van der Waals surface area contributed by atoms with Gasteiger partial charge in [0.15, 0.2) is 0 Å². The van der Waals surface area contributed by atoms with Crippen LogP contribution in [0.15, 0.2) is 46.6 Å². The molecule has 5 heteroatoms. The Balaban J connectivity index is 1.58. The lowest BCUT2D eigenvalue weighted by molar-refractivity contribution is 0.679. The topological polar surface area (TPSA) is 49.8 Å². The zero-order chi connectivity index (χ0) is 16.8. The van der Waals surface area contributed by atoms with E-state index < -0.39 is 0 Å². The Morgan fingerprint density at radius 1 is 1.21 bits per heavy atom. The number of rotatable bonds is 6. The number of benzene rings is 1. The van der Waals surface area contributed by atoms with Crippen molar-refractivity contribution in [1.82, 2.24) is 9.97 Å². The van der Waals surface area contributed by atoms with Gasteiger partial charge in [-0.05, 0) is 78.7 Å². The summed E-state index contributed by atoms with van der Waals surface area (Å²) in [6, 6.07) is 8.08. The third kappa shape index (κ3) is 4.81. The summed E-state index contributed by atoms with van der Waals surface area (Å²) in [4.78, 5) is 8.85. The first kappa shape index (κ1) is 17.0. The molecule has 0 fully saturated rings. The molecule has 0 saturated heterocycles. The molecule has 0 amide bonds. The molecule has 2 aromatic rings. The Morgan fingerprint density at radius 2 is 2.12 bits per heavy atom. The minimum atomic E-state index is 0.666. The van der Waals surface area contributed by atoms with E-state index in [9.17, 15) is 0 Å². The fraction of sp³-hybridized carbons (Fsp3) is 0.368. The van der Waals surface area contributed by atoms with E-state index in [1.54, 1.807) is 11.8 Å². The van der Waals surface area contributed by atoms with Crippen LogP contribution >= 0.6 is 15.9 Å². The predicted octanol–water partition coefficient (Wildman–Crippen LogP) is 5.59. The molecule has 4 nitrogen and oxygen atoms in total. The van der Waals surface area contributed by atoms with Crippen molar-refractivity contribution in [1.29, 1.82) is 0 Å². The quantitative estimate of drug-likeness (QED) is 0.634. The zero-order valence-corrected chi connectivity index (χ0v) is 15.6. The van der Waals surface area contributed by atoms with Gasteiger partial charge in [0.1, 0.15) is 5.82 Å². The van der Waals surface area contributed by atoms with Crippen LogP contribution in [0.3, 0.4) is 0 Å². The van der Waals surface area contributed by atoms with Crippen molar-refractivity contribution in [2.24, 2.45) is 0 Å². The smallest absolute Gasteiger partial charge is 0.224 e. The molecule has 1 aliphatic carbocycles. The molecule has 3 rings (SSSR count). The molecule has 2 N–H and O–H groups in total. The van der Waals surface area contributed by atoms with Gasteiger partial charge in [-0.15, -0.1) is 0 Å². The van der Waals surface area contributed by atoms with E-state index in [1.165, 1.54) is 31.2 Å². The zero-order valence-electron chi connectivity index (χ0n) is 14.0. The second-order valence-corrected chi connectivity index (χ2v) is 7.01. The monoisotopic (exact) mass is 386 g/mol. The van der Waals surface area contributed by atoms with Crippen molar-refractivity contribution in [2.45, 2.75) is 39.0 Å². The van der Waals surface area contributed by atoms with Crippen LogP contribution in [-0.2, 0) is 0 Å². The van der Waals surface area contributed by atoms with Crippen molar-refractivity contribution in [3.63, 3.8) is 0 Å². The van der Waals surface area contributed by atoms with E-state index in [1.807, 2.05) is 12.1 Å². The highest BCUT2D eigenvalue weighted by atomic mass is 79.9. The van der Waals surface area contributed by atoms with Gasteiger partial charge < -0.3 is 10.6 Å². The molecule has 0 bridgehead atoms. The lowest BCUT2D eigenvalue weighted by Crippen LogP contribution is -2.08. The van der Waals surface area contributed by atoms with Gasteiger partial charge in [0.25, 0.3) is 0 Å². The van der Waals surface area contributed by atoms with Crippen LogP contribution in [-0.4, -0.2) is 16.5 Å². The molecule has 24 heavy (non-hydrogen) atoms. The number of aromatic nitrogens is 2. The lowest BCUT2D eigenvalue weighted by atomic mass is 9.97. The number of hydrogen-bond acceptors (Lipinski definition) is 4.